The van der Waals surface area contributed by atoms with Crippen molar-refractivity contribution in [3.8, 4) is 0 Å². The lowest BCUT2D eigenvalue weighted by Gasteiger charge is -2.38. The van der Waals surface area contributed by atoms with Crippen LogP contribution in [0.5, 0.6) is 0 Å². The summed E-state index contributed by atoms with van der Waals surface area (Å²) in [6.07, 6.45) is 5.83. The topological polar surface area (TPSA) is 66.8 Å². The van der Waals surface area contributed by atoms with Crippen molar-refractivity contribution in [1.82, 2.24) is 24.4 Å². The zero-order chi connectivity index (χ0) is 15.7. The number of aromatic amines is 1. The fraction of sp³-hybridized carbons (Fsp3) is 0.562. The number of H-pyrrole nitrogens is 1. The summed E-state index contributed by atoms with van der Waals surface area (Å²) in [5.41, 5.74) is 0.849. The van der Waals surface area contributed by atoms with E-state index >= 15 is 0 Å². The Balaban J connectivity index is 1.70. The van der Waals surface area contributed by atoms with Crippen molar-refractivity contribution in [2.75, 3.05) is 13.1 Å². The number of nitrogens with zero attached hydrogens (tertiary/aromatic N) is 4. The Morgan fingerprint density at radius 3 is 2.68 bits per heavy atom. The summed E-state index contributed by atoms with van der Waals surface area (Å²) in [6, 6.07) is 1.65. The van der Waals surface area contributed by atoms with E-state index in [1.807, 2.05) is 26.4 Å². The van der Waals surface area contributed by atoms with Gasteiger partial charge in [0.15, 0.2) is 0 Å². The standard InChI is InChI=1S/C16H23N5O/c1-12-18-13(10-15(22)19-12)16(2)4-7-21(8-5-16)11-14-17-6-9-20(14)3/h6,9-10H,4-5,7-8,11H2,1-3H3,(H,18,19,22). The van der Waals surface area contributed by atoms with E-state index in [0.29, 0.717) is 5.82 Å². The van der Waals surface area contributed by atoms with Crippen LogP contribution in [-0.4, -0.2) is 37.5 Å². The smallest absolute Gasteiger partial charge is 0.251 e. The summed E-state index contributed by atoms with van der Waals surface area (Å²) in [5, 5.41) is 0. The monoisotopic (exact) mass is 301 g/mol. The van der Waals surface area contributed by atoms with Crippen LogP contribution in [-0.2, 0) is 19.0 Å². The second-order valence-corrected chi connectivity index (χ2v) is 6.51. The van der Waals surface area contributed by atoms with E-state index in [1.54, 1.807) is 6.07 Å². The molecule has 3 rings (SSSR count). The van der Waals surface area contributed by atoms with Crippen LogP contribution >= 0.6 is 0 Å². The molecule has 1 aliphatic heterocycles. The van der Waals surface area contributed by atoms with E-state index < -0.39 is 0 Å². The van der Waals surface area contributed by atoms with E-state index in [-0.39, 0.29) is 11.0 Å². The Morgan fingerprint density at radius 1 is 1.36 bits per heavy atom. The van der Waals surface area contributed by atoms with Crippen LogP contribution in [0.15, 0.2) is 23.3 Å². The van der Waals surface area contributed by atoms with Crippen LogP contribution < -0.4 is 5.56 Å². The van der Waals surface area contributed by atoms with Crippen molar-refractivity contribution in [2.24, 2.45) is 7.05 Å². The minimum Gasteiger partial charge on any atom is -0.337 e. The predicted octanol–water partition coefficient (Wildman–Crippen LogP) is 1.37. The lowest BCUT2D eigenvalue weighted by molar-refractivity contribution is 0.155. The Bertz CT molecular complexity index is 709. The first kappa shape index (κ1) is 15.0. The molecule has 118 valence electrons. The second kappa shape index (κ2) is 5.68. The van der Waals surface area contributed by atoms with Crippen molar-refractivity contribution < 1.29 is 0 Å². The number of piperidine rings is 1. The highest BCUT2D eigenvalue weighted by Crippen LogP contribution is 2.33. The molecule has 6 heteroatoms. The van der Waals surface area contributed by atoms with Crippen LogP contribution in [0.1, 0.15) is 37.1 Å². The molecule has 6 nitrogen and oxygen atoms in total. The fourth-order valence-corrected chi connectivity index (χ4v) is 3.10. The molecular weight excluding hydrogens is 278 g/mol. The van der Waals surface area contributed by atoms with Crippen molar-refractivity contribution in [3.63, 3.8) is 0 Å². The molecule has 1 N–H and O–H groups in total. The third-order valence-electron chi connectivity index (χ3n) is 4.72. The van der Waals surface area contributed by atoms with Gasteiger partial charge in [0.05, 0.1) is 12.2 Å². The Morgan fingerprint density at radius 2 is 2.09 bits per heavy atom. The summed E-state index contributed by atoms with van der Waals surface area (Å²) >= 11 is 0. The maximum Gasteiger partial charge on any atom is 0.251 e. The molecule has 0 spiro atoms. The molecule has 1 saturated heterocycles. The first-order chi connectivity index (χ1) is 10.5. The molecule has 0 radical (unpaired) electrons. The van der Waals surface area contributed by atoms with Crippen molar-refractivity contribution in [1.29, 1.82) is 0 Å². The summed E-state index contributed by atoms with van der Waals surface area (Å²) in [7, 11) is 2.03. The normalized spacial score (nSPS) is 18.5. The number of hydrogen-bond acceptors (Lipinski definition) is 4. The maximum atomic E-state index is 11.7. The zero-order valence-electron chi connectivity index (χ0n) is 13.5. The van der Waals surface area contributed by atoms with Crippen LogP contribution in [0.4, 0.5) is 0 Å². The molecule has 1 fully saturated rings. The SMILES string of the molecule is Cc1nc(C2(C)CCN(Cc3nccn3C)CC2)cc(=O)[nH]1. The Labute approximate surface area is 130 Å². The lowest BCUT2D eigenvalue weighted by Crippen LogP contribution is -2.42. The average Bonchev–Trinajstić information content (AvgIpc) is 2.86. The first-order valence-corrected chi connectivity index (χ1v) is 7.73. The number of aryl methyl sites for hydroxylation is 2. The third-order valence-corrected chi connectivity index (χ3v) is 4.72. The summed E-state index contributed by atoms with van der Waals surface area (Å²) in [5.74, 6) is 1.79. The van der Waals surface area contributed by atoms with Gasteiger partial charge in [0, 0.05) is 30.9 Å². The van der Waals surface area contributed by atoms with Gasteiger partial charge in [-0.1, -0.05) is 6.92 Å². The maximum absolute atomic E-state index is 11.7. The van der Waals surface area contributed by atoms with Crippen LogP contribution in [0.2, 0.25) is 0 Å². The second-order valence-electron chi connectivity index (χ2n) is 6.51. The molecule has 0 aliphatic carbocycles. The van der Waals surface area contributed by atoms with Gasteiger partial charge in [-0.15, -0.1) is 0 Å². The molecule has 0 amide bonds. The fourth-order valence-electron chi connectivity index (χ4n) is 3.10. The van der Waals surface area contributed by atoms with E-state index in [4.69, 9.17) is 0 Å². The third kappa shape index (κ3) is 2.97. The van der Waals surface area contributed by atoms with Crippen molar-refractivity contribution in [3.05, 3.63) is 46.2 Å². The first-order valence-electron chi connectivity index (χ1n) is 7.73. The number of likely N-dealkylation sites (tertiary alicyclic amines) is 1. The molecule has 0 unspecified atom stereocenters. The molecule has 3 heterocycles. The van der Waals surface area contributed by atoms with E-state index in [0.717, 1.165) is 44.0 Å². The van der Waals surface area contributed by atoms with Crippen LogP contribution in [0, 0.1) is 6.92 Å². The van der Waals surface area contributed by atoms with Crippen LogP contribution in [0.3, 0.4) is 0 Å². The van der Waals surface area contributed by atoms with Gasteiger partial charge in [0.2, 0.25) is 0 Å². The number of rotatable bonds is 3. The summed E-state index contributed by atoms with van der Waals surface area (Å²) in [4.78, 5) is 25.8. The minimum absolute atomic E-state index is 0.0167. The molecule has 0 atom stereocenters. The largest absolute Gasteiger partial charge is 0.337 e. The van der Waals surface area contributed by atoms with Crippen molar-refractivity contribution >= 4 is 0 Å². The highest BCUT2D eigenvalue weighted by molar-refractivity contribution is 5.16. The predicted molar refractivity (Wildman–Crippen MR) is 84.7 cm³/mol. The van der Waals surface area contributed by atoms with Gasteiger partial charge in [-0.25, -0.2) is 9.97 Å². The molecule has 22 heavy (non-hydrogen) atoms. The zero-order valence-corrected chi connectivity index (χ0v) is 13.5. The van der Waals surface area contributed by atoms with Gasteiger partial charge in [-0.2, -0.15) is 0 Å². The van der Waals surface area contributed by atoms with E-state index in [9.17, 15) is 4.79 Å². The number of imidazole rings is 1. The summed E-state index contributed by atoms with van der Waals surface area (Å²) in [6.45, 7) is 6.92. The minimum atomic E-state index is -0.0563. The van der Waals surface area contributed by atoms with Gasteiger partial charge < -0.3 is 9.55 Å². The van der Waals surface area contributed by atoms with Gasteiger partial charge in [0.1, 0.15) is 11.6 Å². The molecule has 2 aromatic rings. The molecular formula is C16H23N5O. The molecule has 0 bridgehead atoms. The molecule has 0 saturated carbocycles. The van der Waals surface area contributed by atoms with Gasteiger partial charge in [-0.3, -0.25) is 9.69 Å². The van der Waals surface area contributed by atoms with Gasteiger partial charge in [0.25, 0.3) is 5.56 Å². The number of aromatic nitrogens is 4. The number of hydrogen-bond donors (Lipinski definition) is 1. The molecule has 0 aromatic carbocycles. The molecule has 2 aromatic heterocycles. The molecule has 1 aliphatic rings. The quantitative estimate of drug-likeness (QED) is 0.929. The highest BCUT2D eigenvalue weighted by atomic mass is 16.1. The lowest BCUT2D eigenvalue weighted by atomic mass is 9.77. The van der Waals surface area contributed by atoms with Gasteiger partial charge >= 0.3 is 0 Å². The average molecular weight is 301 g/mol. The highest BCUT2D eigenvalue weighted by Gasteiger charge is 2.33. The van der Waals surface area contributed by atoms with Crippen LogP contribution in [0.25, 0.3) is 0 Å². The van der Waals surface area contributed by atoms with E-state index in [1.165, 1.54) is 0 Å². The van der Waals surface area contributed by atoms with Crippen molar-refractivity contribution in [2.45, 2.75) is 38.6 Å². The van der Waals surface area contributed by atoms with E-state index in [2.05, 4.69) is 31.3 Å². The number of nitrogens with one attached hydrogen (secondary N) is 1. The Kier molecular flexibility index (Phi) is 3.87. The van der Waals surface area contributed by atoms with Gasteiger partial charge in [-0.05, 0) is 32.9 Å². The summed E-state index contributed by atoms with van der Waals surface area (Å²) < 4.78 is 2.06. The Hall–Kier alpha value is -1.95.